The van der Waals surface area contributed by atoms with Gasteiger partial charge in [-0.25, -0.2) is 0 Å². The second kappa shape index (κ2) is 8.05. The lowest BCUT2D eigenvalue weighted by Gasteiger charge is -2.21. The van der Waals surface area contributed by atoms with Crippen LogP contribution in [0.3, 0.4) is 0 Å². The predicted molar refractivity (Wildman–Crippen MR) is 108 cm³/mol. The molecule has 142 valence electrons. The summed E-state index contributed by atoms with van der Waals surface area (Å²) in [5.41, 5.74) is 5.78. The van der Waals surface area contributed by atoms with Crippen molar-refractivity contribution in [2.75, 3.05) is 0 Å². The third-order valence-electron chi connectivity index (χ3n) is 5.17. The zero-order valence-corrected chi connectivity index (χ0v) is 16.9. The van der Waals surface area contributed by atoms with Gasteiger partial charge in [-0.1, -0.05) is 43.7 Å². The molecule has 3 nitrogen and oxygen atoms in total. The molecule has 1 heterocycles. The first-order chi connectivity index (χ1) is 13.0. The van der Waals surface area contributed by atoms with Crippen LogP contribution in [0.1, 0.15) is 61.4 Å². The van der Waals surface area contributed by atoms with Gasteiger partial charge >= 0.3 is 0 Å². The van der Waals surface area contributed by atoms with Gasteiger partial charge in [-0.15, -0.1) is 0 Å². The summed E-state index contributed by atoms with van der Waals surface area (Å²) in [4.78, 5) is 0. The lowest BCUT2D eigenvalue weighted by Crippen LogP contribution is -2.25. The van der Waals surface area contributed by atoms with E-state index < -0.39 is 0 Å². The second-order valence-corrected chi connectivity index (χ2v) is 7.94. The molecule has 0 unspecified atom stereocenters. The molecule has 0 radical (unpaired) electrons. The highest BCUT2D eigenvalue weighted by Gasteiger charge is 2.36. The van der Waals surface area contributed by atoms with Crippen molar-refractivity contribution in [2.45, 2.75) is 72.0 Å². The lowest BCUT2D eigenvalue weighted by atomic mass is 9.89. The average molecular weight is 364 g/mol. The molecule has 0 aromatic heterocycles. The summed E-state index contributed by atoms with van der Waals surface area (Å²) in [6, 6.07) is 12.5. The molecule has 0 atom stereocenters. The van der Waals surface area contributed by atoms with Crippen molar-refractivity contribution >= 4 is 0 Å². The van der Waals surface area contributed by atoms with Crippen LogP contribution in [0.2, 0.25) is 0 Å². The maximum atomic E-state index is 9.11. The van der Waals surface area contributed by atoms with E-state index in [9.17, 15) is 0 Å². The number of ether oxygens (including phenoxy) is 2. The first-order valence-electron chi connectivity index (χ1n) is 9.86. The molecular weight excluding hydrogens is 334 g/mol. The topological polar surface area (TPSA) is 42.2 Å². The van der Waals surface area contributed by atoms with Gasteiger partial charge < -0.3 is 9.47 Å². The van der Waals surface area contributed by atoms with E-state index in [4.69, 9.17) is 14.7 Å². The highest BCUT2D eigenvalue weighted by atomic mass is 16.5. The van der Waals surface area contributed by atoms with Crippen LogP contribution in [0, 0.1) is 18.3 Å². The lowest BCUT2D eigenvalue weighted by molar-refractivity contribution is 0.137. The van der Waals surface area contributed by atoms with E-state index in [-0.39, 0.29) is 5.60 Å². The predicted octanol–water partition coefficient (Wildman–Crippen LogP) is 5.70. The fourth-order valence-electron chi connectivity index (χ4n) is 3.96. The Morgan fingerprint density at radius 3 is 2.56 bits per heavy atom. The van der Waals surface area contributed by atoms with E-state index in [1.54, 1.807) is 0 Å². The quantitative estimate of drug-likeness (QED) is 0.634. The Morgan fingerprint density at radius 2 is 1.89 bits per heavy atom. The molecule has 0 amide bonds. The minimum Gasteiger partial charge on any atom is -0.488 e. The van der Waals surface area contributed by atoms with E-state index in [1.807, 2.05) is 18.2 Å². The van der Waals surface area contributed by atoms with Crippen molar-refractivity contribution in [3.63, 3.8) is 0 Å². The number of hydrogen-bond acceptors (Lipinski definition) is 3. The van der Waals surface area contributed by atoms with E-state index in [2.05, 4.69) is 45.9 Å². The van der Waals surface area contributed by atoms with Crippen LogP contribution in [-0.2, 0) is 25.9 Å². The van der Waals surface area contributed by atoms with Crippen LogP contribution in [0.25, 0.3) is 0 Å². The van der Waals surface area contributed by atoms with Crippen molar-refractivity contribution in [3.05, 3.63) is 58.1 Å². The molecule has 2 aromatic carbocycles. The van der Waals surface area contributed by atoms with Gasteiger partial charge in [0, 0.05) is 29.5 Å². The second-order valence-electron chi connectivity index (χ2n) is 7.94. The average Bonchev–Trinajstić information content (AvgIpc) is 2.97. The SMILES string of the molecule is CCCc1c2c(c(CCC#N)c(C)c1OCc1ccccc1)OC(C)(C)C2. The molecule has 0 N–H and O–H groups in total. The molecule has 1 aliphatic rings. The Morgan fingerprint density at radius 1 is 1.15 bits per heavy atom. The summed E-state index contributed by atoms with van der Waals surface area (Å²) in [5, 5.41) is 9.11. The monoisotopic (exact) mass is 363 g/mol. The van der Waals surface area contributed by atoms with E-state index >= 15 is 0 Å². The number of rotatable bonds is 7. The molecule has 0 spiro atoms. The van der Waals surface area contributed by atoms with E-state index in [1.165, 1.54) is 11.1 Å². The zero-order chi connectivity index (χ0) is 19.4. The number of hydrogen-bond donors (Lipinski definition) is 0. The Labute approximate surface area is 162 Å². The standard InChI is InChI=1S/C24H29NO2/c1-5-10-20-21-15-24(3,4)27-23(21)19(13-9-14-25)17(2)22(20)26-16-18-11-7-6-8-12-18/h6-8,11-12H,5,9-10,13,15-16H2,1-4H3. The summed E-state index contributed by atoms with van der Waals surface area (Å²) in [7, 11) is 0. The molecule has 2 aromatic rings. The van der Waals surface area contributed by atoms with Gasteiger partial charge in [0.15, 0.2) is 0 Å². The fourth-order valence-corrected chi connectivity index (χ4v) is 3.96. The molecule has 3 rings (SSSR count). The number of fused-ring (bicyclic) bond motifs is 1. The Kier molecular flexibility index (Phi) is 5.75. The molecular formula is C24H29NO2. The Hall–Kier alpha value is -2.47. The molecule has 3 heteroatoms. The number of nitrogens with zero attached hydrogens (tertiary/aromatic N) is 1. The van der Waals surface area contributed by atoms with Crippen molar-refractivity contribution in [1.29, 1.82) is 5.26 Å². The van der Waals surface area contributed by atoms with Gasteiger partial charge in [-0.3, -0.25) is 0 Å². The minimum atomic E-state index is -0.212. The van der Waals surface area contributed by atoms with Gasteiger partial charge in [0.05, 0.1) is 6.07 Å². The van der Waals surface area contributed by atoms with Crippen molar-refractivity contribution in [1.82, 2.24) is 0 Å². The summed E-state index contributed by atoms with van der Waals surface area (Å²) >= 11 is 0. The van der Waals surface area contributed by atoms with Gasteiger partial charge in [0.1, 0.15) is 23.7 Å². The zero-order valence-electron chi connectivity index (χ0n) is 16.9. The normalized spacial score (nSPS) is 14.3. The Balaban J connectivity index is 2.06. The van der Waals surface area contributed by atoms with E-state index in [0.29, 0.717) is 19.4 Å². The minimum absolute atomic E-state index is 0.212. The van der Waals surface area contributed by atoms with E-state index in [0.717, 1.165) is 47.5 Å². The third-order valence-corrected chi connectivity index (χ3v) is 5.17. The summed E-state index contributed by atoms with van der Waals surface area (Å²) in [6.07, 6.45) is 4.12. The first kappa shape index (κ1) is 19.3. The molecule has 0 bridgehead atoms. The van der Waals surface area contributed by atoms with Gasteiger partial charge in [-0.2, -0.15) is 5.26 Å². The summed E-state index contributed by atoms with van der Waals surface area (Å²) < 4.78 is 12.7. The van der Waals surface area contributed by atoms with Crippen molar-refractivity contribution in [3.8, 4) is 17.6 Å². The van der Waals surface area contributed by atoms with Crippen molar-refractivity contribution in [2.24, 2.45) is 0 Å². The van der Waals surface area contributed by atoms with Gasteiger partial charge in [0.25, 0.3) is 0 Å². The van der Waals surface area contributed by atoms with Gasteiger partial charge in [0.2, 0.25) is 0 Å². The van der Waals surface area contributed by atoms with Crippen LogP contribution in [-0.4, -0.2) is 5.60 Å². The maximum Gasteiger partial charge on any atom is 0.127 e. The van der Waals surface area contributed by atoms with Crippen LogP contribution >= 0.6 is 0 Å². The van der Waals surface area contributed by atoms with Crippen LogP contribution in [0.15, 0.2) is 30.3 Å². The number of benzene rings is 2. The van der Waals surface area contributed by atoms with Gasteiger partial charge in [-0.05, 0) is 44.7 Å². The largest absolute Gasteiger partial charge is 0.488 e. The number of nitriles is 1. The molecule has 27 heavy (non-hydrogen) atoms. The molecule has 0 saturated carbocycles. The molecule has 0 saturated heterocycles. The van der Waals surface area contributed by atoms with Crippen molar-refractivity contribution < 1.29 is 9.47 Å². The third kappa shape index (κ3) is 4.11. The first-order valence-corrected chi connectivity index (χ1v) is 9.86. The maximum absolute atomic E-state index is 9.11. The summed E-state index contributed by atoms with van der Waals surface area (Å²) in [5.74, 6) is 2.00. The smallest absolute Gasteiger partial charge is 0.127 e. The van der Waals surface area contributed by atoms with Crippen LogP contribution in [0.5, 0.6) is 11.5 Å². The molecule has 0 fully saturated rings. The molecule has 1 aliphatic heterocycles. The summed E-state index contributed by atoms with van der Waals surface area (Å²) in [6.45, 7) is 9.14. The van der Waals surface area contributed by atoms with Crippen LogP contribution in [0.4, 0.5) is 0 Å². The highest BCUT2D eigenvalue weighted by Crippen LogP contribution is 2.47. The van der Waals surface area contributed by atoms with Crippen LogP contribution < -0.4 is 9.47 Å². The highest BCUT2D eigenvalue weighted by molar-refractivity contribution is 5.61. The fraction of sp³-hybridized carbons (Fsp3) is 0.458. The molecule has 0 aliphatic carbocycles. The Bertz CT molecular complexity index is 847.